The third kappa shape index (κ3) is 4.79. The van der Waals surface area contributed by atoms with Gasteiger partial charge in [-0.3, -0.25) is 9.48 Å². The van der Waals surface area contributed by atoms with Crippen LogP contribution in [0.4, 0.5) is 0 Å². The number of rotatable bonds is 6. The van der Waals surface area contributed by atoms with E-state index in [1.807, 2.05) is 32.2 Å². The second-order valence-corrected chi connectivity index (χ2v) is 7.87. The molecular weight excluding hydrogens is 354 g/mol. The zero-order chi connectivity index (χ0) is 20.3. The Labute approximate surface area is 165 Å². The van der Waals surface area contributed by atoms with E-state index in [1.165, 1.54) is 5.56 Å². The van der Waals surface area contributed by atoms with E-state index in [0.717, 1.165) is 17.1 Å². The lowest BCUT2D eigenvalue weighted by Crippen LogP contribution is -2.24. The second kappa shape index (κ2) is 7.88. The predicted molar refractivity (Wildman–Crippen MR) is 107 cm³/mol. The Morgan fingerprint density at radius 1 is 1.14 bits per heavy atom. The first-order valence-corrected chi connectivity index (χ1v) is 9.27. The summed E-state index contributed by atoms with van der Waals surface area (Å²) in [6, 6.07) is 11.7. The summed E-state index contributed by atoms with van der Waals surface area (Å²) in [6.45, 7) is 9.09. The minimum atomic E-state index is -0.230. The number of hydrogen-bond acceptors (Lipinski definition) is 4. The molecule has 0 radical (unpaired) electrons. The molecule has 0 bridgehead atoms. The first kappa shape index (κ1) is 19.7. The smallest absolute Gasteiger partial charge is 0.272 e. The summed E-state index contributed by atoms with van der Waals surface area (Å²) in [5.41, 5.74) is 3.57. The number of hydrogen-bond donors (Lipinski definition) is 1. The number of amides is 1. The fraction of sp³-hybridized carbons (Fsp3) is 0.381. The number of carbonyl (C=O) groups is 1. The highest BCUT2D eigenvalue weighted by molar-refractivity contribution is 5.92. The Morgan fingerprint density at radius 2 is 1.86 bits per heavy atom. The van der Waals surface area contributed by atoms with Gasteiger partial charge in [-0.2, -0.15) is 10.2 Å². The number of benzene rings is 1. The molecule has 0 aliphatic rings. The molecule has 0 aliphatic carbocycles. The molecule has 0 unspecified atom stereocenters. The molecule has 3 aromatic rings. The predicted octanol–water partition coefficient (Wildman–Crippen LogP) is 3.19. The van der Waals surface area contributed by atoms with E-state index >= 15 is 0 Å². The van der Waals surface area contributed by atoms with Gasteiger partial charge in [0.2, 0.25) is 0 Å². The van der Waals surface area contributed by atoms with E-state index < -0.39 is 0 Å². The number of nitrogens with one attached hydrogen (secondary N) is 1. The van der Waals surface area contributed by atoms with Crippen LogP contribution in [-0.4, -0.2) is 25.5 Å². The maximum Gasteiger partial charge on any atom is 0.272 e. The molecule has 0 fully saturated rings. The van der Waals surface area contributed by atoms with Gasteiger partial charge in [0.1, 0.15) is 11.4 Å². The standard InChI is InChI=1S/C21H27N5O2/c1-15-12-17(25(5)23-15)13-22-20(27)19-10-11-26(24-19)14-28-18-8-6-16(7-9-18)21(2,3)4/h6-12H,13-14H2,1-5H3,(H,22,27). The lowest BCUT2D eigenvalue weighted by Gasteiger charge is -2.19. The van der Waals surface area contributed by atoms with Gasteiger partial charge in [-0.1, -0.05) is 32.9 Å². The fourth-order valence-corrected chi connectivity index (χ4v) is 2.84. The zero-order valence-corrected chi connectivity index (χ0v) is 17.1. The van der Waals surface area contributed by atoms with Crippen LogP contribution in [0, 0.1) is 6.92 Å². The molecule has 1 N–H and O–H groups in total. The van der Waals surface area contributed by atoms with Crippen LogP contribution < -0.4 is 10.1 Å². The average molecular weight is 381 g/mol. The number of aromatic nitrogens is 4. The van der Waals surface area contributed by atoms with Crippen molar-refractivity contribution in [1.29, 1.82) is 0 Å². The van der Waals surface area contributed by atoms with Gasteiger partial charge < -0.3 is 10.1 Å². The number of nitrogens with zero attached hydrogens (tertiary/aromatic N) is 4. The third-order valence-corrected chi connectivity index (χ3v) is 4.49. The maximum atomic E-state index is 12.3. The van der Waals surface area contributed by atoms with Crippen molar-refractivity contribution in [2.24, 2.45) is 7.05 Å². The van der Waals surface area contributed by atoms with E-state index in [9.17, 15) is 4.79 Å². The van der Waals surface area contributed by atoms with Gasteiger partial charge in [-0.05, 0) is 42.2 Å². The van der Waals surface area contributed by atoms with Crippen molar-refractivity contribution in [3.8, 4) is 5.75 Å². The quantitative estimate of drug-likeness (QED) is 0.712. The van der Waals surface area contributed by atoms with Gasteiger partial charge in [-0.25, -0.2) is 4.68 Å². The zero-order valence-electron chi connectivity index (χ0n) is 17.1. The van der Waals surface area contributed by atoms with E-state index in [4.69, 9.17) is 4.74 Å². The number of ether oxygens (including phenoxy) is 1. The van der Waals surface area contributed by atoms with Crippen LogP contribution in [0.15, 0.2) is 42.6 Å². The summed E-state index contributed by atoms with van der Waals surface area (Å²) in [5.74, 6) is 0.535. The van der Waals surface area contributed by atoms with E-state index in [-0.39, 0.29) is 18.1 Å². The largest absolute Gasteiger partial charge is 0.471 e. The van der Waals surface area contributed by atoms with Crippen molar-refractivity contribution in [3.63, 3.8) is 0 Å². The van der Waals surface area contributed by atoms with E-state index in [2.05, 4.69) is 48.4 Å². The SMILES string of the molecule is Cc1cc(CNC(=O)c2ccn(COc3ccc(C(C)(C)C)cc3)n2)n(C)n1. The maximum absolute atomic E-state index is 12.3. The average Bonchev–Trinajstić information content (AvgIpc) is 3.23. The monoisotopic (exact) mass is 381 g/mol. The van der Waals surface area contributed by atoms with Crippen LogP contribution in [-0.2, 0) is 25.7 Å². The van der Waals surface area contributed by atoms with Gasteiger partial charge in [0.25, 0.3) is 5.91 Å². The highest BCUT2D eigenvalue weighted by Gasteiger charge is 2.13. The topological polar surface area (TPSA) is 74.0 Å². The van der Waals surface area contributed by atoms with Gasteiger partial charge in [-0.15, -0.1) is 0 Å². The summed E-state index contributed by atoms with van der Waals surface area (Å²) in [7, 11) is 1.86. The molecule has 1 aromatic carbocycles. The van der Waals surface area contributed by atoms with Crippen LogP contribution >= 0.6 is 0 Å². The molecule has 0 aliphatic heterocycles. The Hall–Kier alpha value is -3.09. The minimum absolute atomic E-state index is 0.108. The first-order chi connectivity index (χ1) is 13.2. The second-order valence-electron chi connectivity index (χ2n) is 7.87. The van der Waals surface area contributed by atoms with Crippen molar-refractivity contribution in [2.45, 2.75) is 46.4 Å². The Balaban J connectivity index is 1.53. The van der Waals surface area contributed by atoms with Crippen molar-refractivity contribution in [1.82, 2.24) is 24.9 Å². The summed E-state index contributed by atoms with van der Waals surface area (Å²) in [6.07, 6.45) is 1.73. The highest BCUT2D eigenvalue weighted by atomic mass is 16.5. The van der Waals surface area contributed by atoms with Crippen molar-refractivity contribution < 1.29 is 9.53 Å². The van der Waals surface area contributed by atoms with Crippen LogP contribution in [0.5, 0.6) is 5.75 Å². The summed E-state index contributed by atoms with van der Waals surface area (Å²) in [5, 5.41) is 11.4. The Morgan fingerprint density at radius 3 is 2.46 bits per heavy atom. The van der Waals surface area contributed by atoms with Gasteiger partial charge >= 0.3 is 0 Å². The third-order valence-electron chi connectivity index (χ3n) is 4.49. The van der Waals surface area contributed by atoms with Crippen LogP contribution in [0.3, 0.4) is 0 Å². The normalized spacial score (nSPS) is 11.5. The van der Waals surface area contributed by atoms with Crippen LogP contribution in [0.1, 0.15) is 48.2 Å². The summed E-state index contributed by atoms with van der Waals surface area (Å²) in [4.78, 5) is 12.3. The minimum Gasteiger partial charge on any atom is -0.471 e. The molecule has 3 rings (SSSR count). The van der Waals surface area contributed by atoms with Gasteiger partial charge in [0.05, 0.1) is 17.9 Å². The molecule has 7 heteroatoms. The van der Waals surface area contributed by atoms with Crippen molar-refractivity contribution >= 4 is 5.91 Å². The lowest BCUT2D eigenvalue weighted by molar-refractivity contribution is 0.0943. The highest BCUT2D eigenvalue weighted by Crippen LogP contribution is 2.24. The van der Waals surface area contributed by atoms with Crippen LogP contribution in [0.2, 0.25) is 0 Å². The fourth-order valence-electron chi connectivity index (χ4n) is 2.84. The Bertz CT molecular complexity index is 948. The molecule has 28 heavy (non-hydrogen) atoms. The lowest BCUT2D eigenvalue weighted by atomic mass is 9.87. The van der Waals surface area contributed by atoms with Gasteiger partial charge in [0.15, 0.2) is 6.73 Å². The molecule has 2 aromatic heterocycles. The van der Waals surface area contributed by atoms with E-state index in [1.54, 1.807) is 21.6 Å². The number of aryl methyl sites for hydroxylation is 2. The first-order valence-electron chi connectivity index (χ1n) is 9.27. The van der Waals surface area contributed by atoms with Crippen molar-refractivity contribution in [3.05, 3.63) is 65.2 Å². The number of carbonyl (C=O) groups excluding carboxylic acids is 1. The van der Waals surface area contributed by atoms with E-state index in [0.29, 0.717) is 12.2 Å². The molecular formula is C21H27N5O2. The molecule has 0 saturated carbocycles. The molecule has 2 heterocycles. The molecule has 0 saturated heterocycles. The Kier molecular flexibility index (Phi) is 5.53. The molecule has 1 amide bonds. The molecule has 7 nitrogen and oxygen atoms in total. The molecule has 148 valence electrons. The summed E-state index contributed by atoms with van der Waals surface area (Å²) >= 11 is 0. The van der Waals surface area contributed by atoms with Crippen LogP contribution in [0.25, 0.3) is 0 Å². The summed E-state index contributed by atoms with van der Waals surface area (Å²) < 4.78 is 9.11. The van der Waals surface area contributed by atoms with Gasteiger partial charge in [0, 0.05) is 13.2 Å². The molecule has 0 atom stereocenters. The van der Waals surface area contributed by atoms with Crippen molar-refractivity contribution in [2.75, 3.05) is 0 Å². The molecule has 0 spiro atoms.